The standard InChI is InChI=1S/C22H20ClN5OS2/c1-15-5-4-7-16(13-15)20-25-26-21(30)28(20)10-9-19(29)24-22-27(11-12-31-22)14-17-6-2-3-8-18(17)23/h2-8,11-13H,9-10,14H2,1H3,(H,26,30). The first kappa shape index (κ1) is 21.4. The SMILES string of the molecule is Cc1cccc(-c2n[nH]c(=S)n2CCC(=O)N=c2sccn2Cc2ccccc2Cl)c1. The minimum Gasteiger partial charge on any atom is -0.319 e. The lowest BCUT2D eigenvalue weighted by Gasteiger charge is -2.07. The molecule has 0 fully saturated rings. The van der Waals surface area contributed by atoms with E-state index in [0.717, 1.165) is 16.7 Å². The topological polar surface area (TPSA) is 68.0 Å². The van der Waals surface area contributed by atoms with Crippen LogP contribution in [0.4, 0.5) is 0 Å². The molecule has 0 radical (unpaired) electrons. The molecule has 0 saturated carbocycles. The second-order valence-corrected chi connectivity index (χ2v) is 8.70. The number of amides is 1. The number of aryl methyl sites for hydroxylation is 1. The Morgan fingerprint density at radius 2 is 2.10 bits per heavy atom. The number of aromatic amines is 1. The molecule has 0 saturated heterocycles. The average molecular weight is 470 g/mol. The van der Waals surface area contributed by atoms with Crippen molar-refractivity contribution in [3.63, 3.8) is 0 Å². The molecule has 4 rings (SSSR count). The molecule has 2 aromatic heterocycles. The Hall–Kier alpha value is -2.81. The van der Waals surface area contributed by atoms with E-state index in [4.69, 9.17) is 23.8 Å². The van der Waals surface area contributed by atoms with Crippen LogP contribution in [0.1, 0.15) is 17.5 Å². The molecule has 0 spiro atoms. The van der Waals surface area contributed by atoms with E-state index in [-0.39, 0.29) is 12.3 Å². The molecule has 0 aliphatic carbocycles. The monoisotopic (exact) mass is 469 g/mol. The van der Waals surface area contributed by atoms with Gasteiger partial charge in [0, 0.05) is 35.1 Å². The summed E-state index contributed by atoms with van der Waals surface area (Å²) in [7, 11) is 0. The highest BCUT2D eigenvalue weighted by atomic mass is 35.5. The maximum absolute atomic E-state index is 12.6. The van der Waals surface area contributed by atoms with E-state index in [0.29, 0.717) is 33.5 Å². The third-order valence-electron chi connectivity index (χ3n) is 4.76. The third kappa shape index (κ3) is 5.10. The van der Waals surface area contributed by atoms with E-state index in [2.05, 4.69) is 15.2 Å². The van der Waals surface area contributed by atoms with Crippen molar-refractivity contribution in [1.29, 1.82) is 0 Å². The van der Waals surface area contributed by atoms with E-state index in [1.807, 2.05) is 76.2 Å². The number of thiazole rings is 1. The number of halogens is 1. The van der Waals surface area contributed by atoms with E-state index in [1.165, 1.54) is 11.3 Å². The van der Waals surface area contributed by atoms with E-state index in [9.17, 15) is 4.79 Å². The lowest BCUT2D eigenvalue weighted by molar-refractivity contribution is -0.118. The fourth-order valence-electron chi connectivity index (χ4n) is 3.22. The number of hydrogen-bond acceptors (Lipinski definition) is 4. The highest BCUT2D eigenvalue weighted by Crippen LogP contribution is 2.19. The largest absolute Gasteiger partial charge is 0.319 e. The molecule has 6 nitrogen and oxygen atoms in total. The summed E-state index contributed by atoms with van der Waals surface area (Å²) in [6.07, 6.45) is 2.12. The maximum Gasteiger partial charge on any atom is 0.250 e. The number of H-pyrrole nitrogens is 1. The van der Waals surface area contributed by atoms with Gasteiger partial charge < -0.3 is 4.57 Å². The van der Waals surface area contributed by atoms with Crippen LogP contribution >= 0.6 is 35.2 Å². The van der Waals surface area contributed by atoms with Gasteiger partial charge in [-0.25, -0.2) is 0 Å². The number of benzene rings is 2. The van der Waals surface area contributed by atoms with Gasteiger partial charge in [-0.05, 0) is 36.8 Å². The number of carbonyl (C=O) groups excluding carboxylic acids is 1. The van der Waals surface area contributed by atoms with Gasteiger partial charge in [-0.3, -0.25) is 14.5 Å². The molecule has 1 amide bonds. The molecule has 0 unspecified atom stereocenters. The molecule has 1 N–H and O–H groups in total. The number of aromatic nitrogens is 4. The van der Waals surface area contributed by atoms with Crippen molar-refractivity contribution < 1.29 is 4.79 Å². The second-order valence-electron chi connectivity index (χ2n) is 7.03. The van der Waals surface area contributed by atoms with Crippen LogP contribution in [-0.2, 0) is 17.9 Å². The Bertz CT molecular complexity index is 1350. The van der Waals surface area contributed by atoms with Crippen LogP contribution in [0, 0.1) is 11.7 Å². The molecular weight excluding hydrogens is 450 g/mol. The predicted octanol–water partition coefficient (Wildman–Crippen LogP) is 5.00. The van der Waals surface area contributed by atoms with Gasteiger partial charge in [0.25, 0.3) is 0 Å². The molecular formula is C22H20ClN5OS2. The maximum atomic E-state index is 12.6. The van der Waals surface area contributed by atoms with E-state index in [1.54, 1.807) is 0 Å². The van der Waals surface area contributed by atoms with Gasteiger partial charge in [0.15, 0.2) is 15.4 Å². The van der Waals surface area contributed by atoms with Gasteiger partial charge in [-0.15, -0.1) is 11.3 Å². The van der Waals surface area contributed by atoms with Crippen LogP contribution in [-0.4, -0.2) is 25.2 Å². The molecule has 0 bridgehead atoms. The summed E-state index contributed by atoms with van der Waals surface area (Å²) in [5.41, 5.74) is 3.06. The van der Waals surface area contributed by atoms with Crippen LogP contribution in [0.3, 0.4) is 0 Å². The molecule has 0 atom stereocenters. The molecule has 4 aromatic rings. The Kier molecular flexibility index (Phi) is 6.60. The molecule has 0 aliphatic rings. The zero-order chi connectivity index (χ0) is 21.8. The third-order valence-corrected chi connectivity index (χ3v) is 6.24. The number of hydrogen-bond donors (Lipinski definition) is 1. The normalized spacial score (nSPS) is 11.7. The van der Waals surface area contributed by atoms with Gasteiger partial charge in [-0.1, -0.05) is 53.6 Å². The summed E-state index contributed by atoms with van der Waals surface area (Å²) in [4.78, 5) is 17.6. The Balaban J connectivity index is 1.51. The lowest BCUT2D eigenvalue weighted by atomic mass is 10.1. The van der Waals surface area contributed by atoms with E-state index >= 15 is 0 Å². The second kappa shape index (κ2) is 9.55. The summed E-state index contributed by atoms with van der Waals surface area (Å²) in [5, 5.41) is 9.76. The average Bonchev–Trinajstić information content (AvgIpc) is 3.34. The number of rotatable bonds is 6. The first-order valence-electron chi connectivity index (χ1n) is 9.68. The molecule has 9 heteroatoms. The Morgan fingerprint density at radius 1 is 1.26 bits per heavy atom. The zero-order valence-electron chi connectivity index (χ0n) is 16.8. The van der Waals surface area contributed by atoms with Crippen molar-refractivity contribution in [2.45, 2.75) is 26.4 Å². The first-order chi connectivity index (χ1) is 15.0. The predicted molar refractivity (Wildman–Crippen MR) is 126 cm³/mol. The number of nitrogens with zero attached hydrogens (tertiary/aromatic N) is 4. The minimum absolute atomic E-state index is 0.214. The van der Waals surface area contributed by atoms with Crippen molar-refractivity contribution in [2.24, 2.45) is 4.99 Å². The molecule has 0 aliphatic heterocycles. The van der Waals surface area contributed by atoms with Gasteiger partial charge in [0.2, 0.25) is 5.91 Å². The fourth-order valence-corrected chi connectivity index (χ4v) is 4.38. The highest BCUT2D eigenvalue weighted by Gasteiger charge is 2.11. The van der Waals surface area contributed by atoms with Crippen molar-refractivity contribution in [3.05, 3.63) is 85.8 Å². The van der Waals surface area contributed by atoms with Gasteiger partial charge in [-0.2, -0.15) is 10.1 Å². The van der Waals surface area contributed by atoms with Crippen molar-refractivity contribution in [3.8, 4) is 11.4 Å². The summed E-state index contributed by atoms with van der Waals surface area (Å²) < 4.78 is 4.24. The summed E-state index contributed by atoms with van der Waals surface area (Å²) in [6, 6.07) is 15.7. The van der Waals surface area contributed by atoms with Gasteiger partial charge in [0.05, 0.1) is 6.54 Å². The number of nitrogens with one attached hydrogen (secondary N) is 1. The quantitative estimate of drug-likeness (QED) is 0.404. The van der Waals surface area contributed by atoms with Crippen LogP contribution in [0.15, 0.2) is 65.1 Å². The highest BCUT2D eigenvalue weighted by molar-refractivity contribution is 7.71. The lowest BCUT2D eigenvalue weighted by Crippen LogP contribution is -2.17. The number of carbonyl (C=O) groups is 1. The summed E-state index contributed by atoms with van der Waals surface area (Å²) in [5.74, 6) is 0.500. The zero-order valence-corrected chi connectivity index (χ0v) is 19.2. The van der Waals surface area contributed by atoms with Gasteiger partial charge >= 0.3 is 0 Å². The Morgan fingerprint density at radius 3 is 2.90 bits per heavy atom. The molecule has 31 heavy (non-hydrogen) atoms. The van der Waals surface area contributed by atoms with E-state index < -0.39 is 0 Å². The van der Waals surface area contributed by atoms with Crippen molar-refractivity contribution in [2.75, 3.05) is 0 Å². The smallest absolute Gasteiger partial charge is 0.250 e. The van der Waals surface area contributed by atoms with Crippen LogP contribution in [0.5, 0.6) is 0 Å². The Labute approximate surface area is 193 Å². The van der Waals surface area contributed by atoms with Crippen LogP contribution < -0.4 is 4.80 Å². The fraction of sp³-hybridized carbons (Fsp3) is 0.182. The molecule has 2 aromatic carbocycles. The van der Waals surface area contributed by atoms with Crippen LogP contribution in [0.2, 0.25) is 5.02 Å². The van der Waals surface area contributed by atoms with Crippen LogP contribution in [0.25, 0.3) is 11.4 Å². The van der Waals surface area contributed by atoms with Crippen molar-refractivity contribution >= 4 is 41.1 Å². The summed E-state index contributed by atoms with van der Waals surface area (Å²) in [6.45, 7) is 2.98. The van der Waals surface area contributed by atoms with Gasteiger partial charge in [0.1, 0.15) is 0 Å². The minimum atomic E-state index is -0.214. The molecule has 2 heterocycles. The summed E-state index contributed by atoms with van der Waals surface area (Å²) >= 11 is 13.1. The van der Waals surface area contributed by atoms with Crippen molar-refractivity contribution in [1.82, 2.24) is 19.3 Å². The first-order valence-corrected chi connectivity index (χ1v) is 11.3. The molecule has 158 valence electrons.